The Morgan fingerprint density at radius 2 is 0.931 bits per heavy atom. The molecule has 0 bridgehead atoms. The van der Waals surface area contributed by atoms with E-state index in [0.29, 0.717) is 0 Å². The van der Waals surface area contributed by atoms with Crippen LogP contribution in [0.4, 0.5) is 17.1 Å². The van der Waals surface area contributed by atoms with Crippen molar-refractivity contribution >= 4 is 60.5 Å². The van der Waals surface area contributed by atoms with Crippen LogP contribution in [0.5, 0.6) is 0 Å². The van der Waals surface area contributed by atoms with Crippen LogP contribution in [0.2, 0.25) is 0 Å². The maximum atomic E-state index is 7.13. The summed E-state index contributed by atoms with van der Waals surface area (Å²) in [5.74, 6) is 0. The SMILES string of the molecule is CC1(C)c2ccccc2-c2ccc(-c3c4ccccc4cc4c3oc3cc(N(c5ccc6c(c5)C(C)(C)c5ccccc5-6)c5ccc6ccccc6c5)ccc34)cc21. The first kappa shape index (κ1) is 33.3. The Balaban J connectivity index is 1.06. The monoisotopic (exact) mass is 743 g/mol. The van der Waals surface area contributed by atoms with Gasteiger partial charge in [0, 0.05) is 50.3 Å². The highest BCUT2D eigenvalue weighted by molar-refractivity contribution is 6.19. The minimum atomic E-state index is -0.117. The summed E-state index contributed by atoms with van der Waals surface area (Å²) in [5.41, 5.74) is 18.0. The maximum absolute atomic E-state index is 7.13. The van der Waals surface area contributed by atoms with E-state index in [1.165, 1.54) is 71.6 Å². The zero-order valence-electron chi connectivity index (χ0n) is 33.1. The quantitative estimate of drug-likeness (QED) is 0.178. The second-order valence-electron chi connectivity index (χ2n) is 17.3. The molecule has 0 N–H and O–H groups in total. The highest BCUT2D eigenvalue weighted by Crippen LogP contribution is 2.53. The van der Waals surface area contributed by atoms with Crippen molar-refractivity contribution in [3.63, 3.8) is 0 Å². The molecular weight excluding hydrogens is 703 g/mol. The molecule has 2 aliphatic rings. The molecule has 0 radical (unpaired) electrons. The second kappa shape index (κ2) is 11.8. The van der Waals surface area contributed by atoms with Gasteiger partial charge in [-0.1, -0.05) is 149 Å². The van der Waals surface area contributed by atoms with Crippen LogP contribution in [0, 0.1) is 0 Å². The van der Waals surface area contributed by atoms with E-state index in [1.807, 2.05) is 0 Å². The molecule has 0 atom stereocenters. The molecule has 2 aliphatic carbocycles. The van der Waals surface area contributed by atoms with Crippen molar-refractivity contribution in [2.45, 2.75) is 38.5 Å². The van der Waals surface area contributed by atoms with Crippen molar-refractivity contribution in [2.75, 3.05) is 4.90 Å². The molecule has 1 aromatic heterocycles. The zero-order chi connectivity index (χ0) is 38.9. The van der Waals surface area contributed by atoms with Crippen LogP contribution in [0.1, 0.15) is 49.9 Å². The van der Waals surface area contributed by atoms with Gasteiger partial charge in [-0.05, 0) is 120 Å². The Hall–Kier alpha value is -6.90. The van der Waals surface area contributed by atoms with Crippen molar-refractivity contribution in [2.24, 2.45) is 0 Å². The highest BCUT2D eigenvalue weighted by Gasteiger charge is 2.37. The molecular formula is C56H41NO. The first-order chi connectivity index (χ1) is 28.3. The smallest absolute Gasteiger partial charge is 0.143 e. The van der Waals surface area contributed by atoms with E-state index in [2.05, 4.69) is 209 Å². The average Bonchev–Trinajstić information content (AvgIpc) is 3.81. The number of nitrogens with zero attached hydrogens (tertiary/aromatic N) is 1. The van der Waals surface area contributed by atoms with Crippen LogP contribution in [-0.4, -0.2) is 0 Å². The minimum absolute atomic E-state index is 0.101. The Bertz CT molecular complexity index is 3360. The van der Waals surface area contributed by atoms with Gasteiger partial charge < -0.3 is 9.32 Å². The molecule has 1 heterocycles. The number of furan rings is 1. The lowest BCUT2D eigenvalue weighted by atomic mass is 9.81. The van der Waals surface area contributed by atoms with Gasteiger partial charge >= 0.3 is 0 Å². The van der Waals surface area contributed by atoms with Gasteiger partial charge in [0.2, 0.25) is 0 Å². The summed E-state index contributed by atoms with van der Waals surface area (Å²) < 4.78 is 7.13. The van der Waals surface area contributed by atoms with Crippen molar-refractivity contribution in [1.82, 2.24) is 0 Å². The highest BCUT2D eigenvalue weighted by atomic mass is 16.3. The third-order valence-electron chi connectivity index (χ3n) is 13.4. The molecule has 0 saturated carbocycles. The van der Waals surface area contributed by atoms with Gasteiger partial charge in [-0.2, -0.15) is 0 Å². The standard InChI is InChI=1S/C56H41NO/c1-55(2)48-19-11-9-17-42(48)44-26-22-37(31-50(44)55)53-41-16-8-7-15-36(41)30-47-46-28-25-40(33-52(46)58-54(47)53)57(38-23-21-34-13-5-6-14-35(34)29-38)39-24-27-45-43-18-10-12-20-49(43)56(3,4)51(45)32-39/h5-33H,1-4H3. The maximum Gasteiger partial charge on any atom is 0.143 e. The largest absolute Gasteiger partial charge is 0.455 e. The van der Waals surface area contributed by atoms with Gasteiger partial charge in [0.05, 0.1) is 0 Å². The van der Waals surface area contributed by atoms with Gasteiger partial charge in [0.15, 0.2) is 0 Å². The van der Waals surface area contributed by atoms with Gasteiger partial charge in [-0.3, -0.25) is 0 Å². The lowest BCUT2D eigenvalue weighted by molar-refractivity contribution is 0.660. The Morgan fingerprint density at radius 3 is 1.69 bits per heavy atom. The first-order valence-electron chi connectivity index (χ1n) is 20.4. The van der Waals surface area contributed by atoms with Crippen LogP contribution in [0.25, 0.3) is 76.9 Å². The van der Waals surface area contributed by atoms with E-state index in [4.69, 9.17) is 4.42 Å². The van der Waals surface area contributed by atoms with Crippen molar-refractivity contribution in [1.29, 1.82) is 0 Å². The van der Waals surface area contributed by atoms with Crippen molar-refractivity contribution in [3.8, 4) is 33.4 Å². The molecule has 58 heavy (non-hydrogen) atoms. The molecule has 9 aromatic carbocycles. The fraction of sp³-hybridized carbons (Fsp3) is 0.107. The molecule has 0 unspecified atom stereocenters. The summed E-state index contributed by atoms with van der Waals surface area (Å²) >= 11 is 0. The van der Waals surface area contributed by atoms with Gasteiger partial charge in [0.1, 0.15) is 11.2 Å². The lowest BCUT2D eigenvalue weighted by Gasteiger charge is -2.28. The third-order valence-corrected chi connectivity index (χ3v) is 13.4. The molecule has 10 aromatic rings. The van der Waals surface area contributed by atoms with Gasteiger partial charge in [-0.15, -0.1) is 0 Å². The van der Waals surface area contributed by atoms with E-state index < -0.39 is 0 Å². The molecule has 0 amide bonds. The van der Waals surface area contributed by atoms with Gasteiger partial charge in [-0.25, -0.2) is 0 Å². The topological polar surface area (TPSA) is 16.4 Å². The lowest BCUT2D eigenvalue weighted by Crippen LogP contribution is -2.16. The Kier molecular flexibility index (Phi) is 6.78. The summed E-state index contributed by atoms with van der Waals surface area (Å²) in [6.07, 6.45) is 0. The summed E-state index contributed by atoms with van der Waals surface area (Å²) in [5, 5.41) is 7.08. The second-order valence-corrected chi connectivity index (χ2v) is 17.3. The summed E-state index contributed by atoms with van der Waals surface area (Å²) in [6, 6.07) is 65.0. The van der Waals surface area contributed by atoms with Crippen molar-refractivity contribution < 1.29 is 4.42 Å². The summed E-state index contributed by atoms with van der Waals surface area (Å²) in [4.78, 5) is 2.40. The number of benzene rings is 9. The summed E-state index contributed by atoms with van der Waals surface area (Å²) in [7, 11) is 0. The Morgan fingerprint density at radius 1 is 0.379 bits per heavy atom. The number of anilines is 3. The van der Waals surface area contributed by atoms with Crippen LogP contribution < -0.4 is 4.90 Å². The third kappa shape index (κ3) is 4.60. The van der Waals surface area contributed by atoms with Crippen LogP contribution >= 0.6 is 0 Å². The van der Waals surface area contributed by atoms with E-state index in [1.54, 1.807) is 0 Å². The van der Waals surface area contributed by atoms with E-state index in [0.717, 1.165) is 44.6 Å². The molecule has 12 rings (SSSR count). The molecule has 0 saturated heterocycles. The van der Waals surface area contributed by atoms with E-state index in [-0.39, 0.29) is 10.8 Å². The molecule has 2 nitrogen and oxygen atoms in total. The van der Waals surface area contributed by atoms with Crippen LogP contribution in [-0.2, 0) is 10.8 Å². The fourth-order valence-corrected chi connectivity index (χ4v) is 10.4. The molecule has 2 heteroatoms. The normalized spacial score (nSPS) is 14.5. The zero-order valence-corrected chi connectivity index (χ0v) is 33.1. The minimum Gasteiger partial charge on any atom is -0.455 e. The molecule has 0 spiro atoms. The molecule has 276 valence electrons. The van der Waals surface area contributed by atoms with E-state index in [9.17, 15) is 0 Å². The fourth-order valence-electron chi connectivity index (χ4n) is 10.4. The molecule has 0 fully saturated rings. The first-order valence-corrected chi connectivity index (χ1v) is 20.4. The average molecular weight is 744 g/mol. The van der Waals surface area contributed by atoms with Crippen LogP contribution in [0.15, 0.2) is 180 Å². The number of hydrogen-bond acceptors (Lipinski definition) is 2. The summed E-state index contributed by atoms with van der Waals surface area (Å²) in [6.45, 7) is 9.41. The predicted molar refractivity (Wildman–Crippen MR) is 244 cm³/mol. The number of rotatable bonds is 4. The van der Waals surface area contributed by atoms with Crippen LogP contribution in [0.3, 0.4) is 0 Å². The number of hydrogen-bond donors (Lipinski definition) is 0. The number of fused-ring (bicyclic) bond motifs is 11. The van der Waals surface area contributed by atoms with Gasteiger partial charge in [0.25, 0.3) is 0 Å². The predicted octanol–water partition coefficient (Wildman–Crippen LogP) is 15.6. The molecule has 0 aliphatic heterocycles. The van der Waals surface area contributed by atoms with Crippen molar-refractivity contribution in [3.05, 3.63) is 198 Å². The Labute approximate surface area is 338 Å². The van der Waals surface area contributed by atoms with E-state index >= 15 is 0 Å².